The largest absolute Gasteiger partial charge is 0.477 e. The monoisotopic (exact) mass is 348 g/mol. The van der Waals surface area contributed by atoms with Crippen LogP contribution in [0.15, 0.2) is 59.7 Å². The molecule has 4 rings (SSSR count). The van der Waals surface area contributed by atoms with E-state index in [4.69, 9.17) is 0 Å². The molecule has 1 aromatic carbocycles. The molecule has 0 bridgehead atoms. The van der Waals surface area contributed by atoms with Gasteiger partial charge in [-0.3, -0.25) is 9.78 Å². The molecule has 1 fully saturated rings. The zero-order chi connectivity index (χ0) is 18.1. The number of carbonyl (C=O) groups is 1. The zero-order valence-corrected chi connectivity index (χ0v) is 14.3. The molecule has 3 aromatic rings. The Labute approximate surface area is 150 Å². The van der Waals surface area contributed by atoms with Crippen molar-refractivity contribution in [1.82, 2.24) is 9.55 Å². The lowest BCUT2D eigenvalue weighted by molar-refractivity contribution is 0.0694. The highest BCUT2D eigenvalue weighted by molar-refractivity contribution is 5.91. The molecule has 0 amide bonds. The Morgan fingerprint density at radius 3 is 2.54 bits per heavy atom. The summed E-state index contributed by atoms with van der Waals surface area (Å²) < 4.78 is 1.96. The SMILES string of the molecule is O=C(O)c1cn(C(c2ccccc2)C2CCCC2)c2cccnc2c1=O. The van der Waals surface area contributed by atoms with Crippen LogP contribution in [0.1, 0.15) is 47.6 Å². The first-order valence-corrected chi connectivity index (χ1v) is 8.95. The number of hydrogen-bond acceptors (Lipinski definition) is 3. The number of carboxylic acids is 1. The lowest BCUT2D eigenvalue weighted by atomic mass is 9.90. The van der Waals surface area contributed by atoms with Gasteiger partial charge < -0.3 is 9.67 Å². The number of benzene rings is 1. The molecule has 0 aliphatic heterocycles. The topological polar surface area (TPSA) is 72.2 Å². The molecule has 1 unspecified atom stereocenters. The van der Waals surface area contributed by atoms with Crippen molar-refractivity contribution in [3.05, 3.63) is 76.2 Å². The lowest BCUT2D eigenvalue weighted by Crippen LogP contribution is -2.25. The molecular weight excluding hydrogens is 328 g/mol. The maximum atomic E-state index is 12.5. The summed E-state index contributed by atoms with van der Waals surface area (Å²) in [5.74, 6) is -0.806. The summed E-state index contributed by atoms with van der Waals surface area (Å²) in [6.45, 7) is 0. The summed E-state index contributed by atoms with van der Waals surface area (Å²) in [6.07, 6.45) is 7.58. The minimum atomic E-state index is -1.21. The van der Waals surface area contributed by atoms with Gasteiger partial charge in [-0.05, 0) is 36.5 Å². The number of rotatable bonds is 4. The van der Waals surface area contributed by atoms with Gasteiger partial charge in [0.05, 0.1) is 11.6 Å². The van der Waals surface area contributed by atoms with Crippen LogP contribution in [0.25, 0.3) is 11.0 Å². The van der Waals surface area contributed by atoms with Crippen molar-refractivity contribution in [1.29, 1.82) is 0 Å². The van der Waals surface area contributed by atoms with Gasteiger partial charge in [-0.1, -0.05) is 43.2 Å². The van der Waals surface area contributed by atoms with E-state index in [-0.39, 0.29) is 17.1 Å². The highest BCUT2D eigenvalue weighted by Gasteiger charge is 2.29. The van der Waals surface area contributed by atoms with Crippen molar-refractivity contribution in [2.75, 3.05) is 0 Å². The lowest BCUT2D eigenvalue weighted by Gasteiger charge is -2.28. The molecular formula is C21H20N2O3. The number of carboxylic acid groups (broad SMARTS) is 1. The number of nitrogens with zero attached hydrogens (tertiary/aromatic N) is 2. The third-order valence-corrected chi connectivity index (χ3v) is 5.31. The molecule has 1 aliphatic rings. The van der Waals surface area contributed by atoms with Gasteiger partial charge in [0.2, 0.25) is 5.43 Å². The fourth-order valence-corrected chi connectivity index (χ4v) is 4.14. The van der Waals surface area contributed by atoms with Crippen LogP contribution in [0.5, 0.6) is 0 Å². The minimum Gasteiger partial charge on any atom is -0.477 e. The quantitative estimate of drug-likeness (QED) is 0.777. The van der Waals surface area contributed by atoms with Gasteiger partial charge in [-0.25, -0.2) is 4.79 Å². The van der Waals surface area contributed by atoms with Crippen molar-refractivity contribution >= 4 is 17.0 Å². The molecule has 0 spiro atoms. The van der Waals surface area contributed by atoms with Crippen LogP contribution in [0.2, 0.25) is 0 Å². The fraction of sp³-hybridized carbons (Fsp3) is 0.286. The van der Waals surface area contributed by atoms with Crippen molar-refractivity contribution in [2.24, 2.45) is 5.92 Å². The summed E-state index contributed by atoms with van der Waals surface area (Å²) in [4.78, 5) is 28.4. The second kappa shape index (κ2) is 6.75. The van der Waals surface area contributed by atoms with E-state index in [1.165, 1.54) is 25.2 Å². The van der Waals surface area contributed by atoms with Crippen molar-refractivity contribution in [3.8, 4) is 0 Å². The third-order valence-electron chi connectivity index (χ3n) is 5.31. The van der Waals surface area contributed by atoms with Crippen LogP contribution in [-0.4, -0.2) is 20.6 Å². The first kappa shape index (κ1) is 16.5. The van der Waals surface area contributed by atoms with E-state index >= 15 is 0 Å². The van der Waals surface area contributed by atoms with E-state index < -0.39 is 11.4 Å². The minimum absolute atomic E-state index is 0.0101. The van der Waals surface area contributed by atoms with Crippen LogP contribution in [0.3, 0.4) is 0 Å². The second-order valence-corrected chi connectivity index (χ2v) is 6.86. The first-order chi connectivity index (χ1) is 12.7. The van der Waals surface area contributed by atoms with Crippen LogP contribution < -0.4 is 5.43 Å². The normalized spacial score (nSPS) is 16.0. The van der Waals surface area contributed by atoms with Gasteiger partial charge in [0.15, 0.2) is 0 Å². The van der Waals surface area contributed by atoms with Gasteiger partial charge in [0.25, 0.3) is 0 Å². The molecule has 1 saturated carbocycles. The molecule has 0 saturated heterocycles. The van der Waals surface area contributed by atoms with Gasteiger partial charge >= 0.3 is 5.97 Å². The standard InChI is InChI=1S/C21H20N2O3/c24-20-16(21(25)26)13-23(17-11-6-12-22-18(17)20)19(15-9-4-5-10-15)14-7-2-1-3-8-14/h1-3,6-8,11-13,15,19H,4-5,9-10H2,(H,25,26). The van der Waals surface area contributed by atoms with Crippen molar-refractivity contribution in [3.63, 3.8) is 0 Å². The molecule has 2 heterocycles. The van der Waals surface area contributed by atoms with E-state index in [2.05, 4.69) is 17.1 Å². The third kappa shape index (κ3) is 2.79. The zero-order valence-electron chi connectivity index (χ0n) is 14.3. The van der Waals surface area contributed by atoms with Crippen molar-refractivity contribution in [2.45, 2.75) is 31.7 Å². The van der Waals surface area contributed by atoms with E-state index in [1.54, 1.807) is 6.07 Å². The first-order valence-electron chi connectivity index (χ1n) is 8.95. The average Bonchev–Trinajstić information content (AvgIpc) is 3.19. The van der Waals surface area contributed by atoms with E-state index in [9.17, 15) is 14.7 Å². The van der Waals surface area contributed by atoms with E-state index in [1.807, 2.05) is 28.8 Å². The summed E-state index contributed by atoms with van der Waals surface area (Å²) in [6, 6.07) is 13.7. The number of pyridine rings is 2. The Kier molecular flexibility index (Phi) is 4.29. The molecule has 1 atom stereocenters. The predicted octanol–water partition coefficient (Wildman–Crippen LogP) is 3.87. The van der Waals surface area contributed by atoms with Gasteiger partial charge in [0.1, 0.15) is 11.1 Å². The molecule has 0 radical (unpaired) electrons. The fourth-order valence-electron chi connectivity index (χ4n) is 4.14. The summed E-state index contributed by atoms with van der Waals surface area (Å²) in [5.41, 5.74) is 1.27. The maximum Gasteiger partial charge on any atom is 0.341 e. The Bertz CT molecular complexity index is 1000. The molecule has 5 heteroatoms. The highest BCUT2D eigenvalue weighted by atomic mass is 16.4. The number of fused-ring (bicyclic) bond motifs is 1. The van der Waals surface area contributed by atoms with Crippen LogP contribution >= 0.6 is 0 Å². The Morgan fingerprint density at radius 2 is 1.85 bits per heavy atom. The molecule has 1 N–H and O–H groups in total. The van der Waals surface area contributed by atoms with Crippen LogP contribution in [0.4, 0.5) is 0 Å². The summed E-state index contributed by atoms with van der Waals surface area (Å²) >= 11 is 0. The van der Waals surface area contributed by atoms with Crippen LogP contribution in [-0.2, 0) is 0 Å². The number of aromatic carboxylic acids is 1. The van der Waals surface area contributed by atoms with Gasteiger partial charge in [0, 0.05) is 12.4 Å². The van der Waals surface area contributed by atoms with Gasteiger partial charge in [-0.15, -0.1) is 0 Å². The van der Waals surface area contributed by atoms with E-state index in [0.29, 0.717) is 11.4 Å². The molecule has 5 nitrogen and oxygen atoms in total. The second-order valence-electron chi connectivity index (χ2n) is 6.86. The number of aromatic nitrogens is 2. The smallest absolute Gasteiger partial charge is 0.341 e. The molecule has 26 heavy (non-hydrogen) atoms. The summed E-state index contributed by atoms with van der Waals surface area (Å²) in [7, 11) is 0. The average molecular weight is 348 g/mol. The molecule has 1 aliphatic carbocycles. The highest BCUT2D eigenvalue weighted by Crippen LogP contribution is 2.39. The maximum absolute atomic E-state index is 12.5. The van der Waals surface area contributed by atoms with E-state index in [0.717, 1.165) is 18.4 Å². The summed E-state index contributed by atoms with van der Waals surface area (Å²) in [5, 5.41) is 9.53. The molecule has 2 aromatic heterocycles. The van der Waals surface area contributed by atoms with Crippen LogP contribution in [0, 0.1) is 5.92 Å². The Morgan fingerprint density at radius 1 is 1.12 bits per heavy atom. The Hall–Kier alpha value is -2.95. The van der Waals surface area contributed by atoms with Gasteiger partial charge in [-0.2, -0.15) is 0 Å². The Balaban J connectivity index is 2.01. The number of hydrogen-bond donors (Lipinski definition) is 1. The molecule has 132 valence electrons. The predicted molar refractivity (Wildman–Crippen MR) is 99.5 cm³/mol. The van der Waals surface area contributed by atoms with Crippen molar-refractivity contribution < 1.29 is 9.90 Å².